The summed E-state index contributed by atoms with van der Waals surface area (Å²) in [5.41, 5.74) is 0.950. The minimum Gasteiger partial charge on any atom is -0.355 e. The second kappa shape index (κ2) is 7.82. The van der Waals surface area contributed by atoms with E-state index in [0.717, 1.165) is 25.1 Å². The smallest absolute Gasteiger partial charge is 0.236 e. The van der Waals surface area contributed by atoms with Crippen LogP contribution in [0.5, 0.6) is 0 Å². The first-order chi connectivity index (χ1) is 8.65. The van der Waals surface area contributed by atoms with Gasteiger partial charge in [-0.3, -0.25) is 15.1 Å². The number of nitrogens with one attached hydrogen (secondary N) is 2. The molecule has 0 saturated carbocycles. The zero-order valence-electron chi connectivity index (χ0n) is 11.4. The van der Waals surface area contributed by atoms with Crippen LogP contribution in [0.25, 0.3) is 0 Å². The molecule has 1 rings (SSSR count). The Morgan fingerprint density at radius 1 is 1.39 bits per heavy atom. The van der Waals surface area contributed by atoms with E-state index >= 15 is 0 Å². The van der Waals surface area contributed by atoms with E-state index in [1.54, 1.807) is 6.20 Å². The van der Waals surface area contributed by atoms with Crippen molar-refractivity contribution >= 4 is 5.91 Å². The number of pyridine rings is 1. The highest BCUT2D eigenvalue weighted by molar-refractivity contribution is 5.81. The van der Waals surface area contributed by atoms with Crippen LogP contribution in [0.4, 0.5) is 0 Å². The third-order valence-electron chi connectivity index (χ3n) is 2.85. The van der Waals surface area contributed by atoms with Gasteiger partial charge in [-0.05, 0) is 32.4 Å². The minimum absolute atomic E-state index is 0.0474. The Balaban J connectivity index is 2.39. The number of carbonyl (C=O) groups is 1. The van der Waals surface area contributed by atoms with Crippen LogP contribution in [0.15, 0.2) is 24.4 Å². The van der Waals surface area contributed by atoms with Crippen LogP contribution in [0.1, 0.15) is 45.3 Å². The third-order valence-corrected chi connectivity index (χ3v) is 2.85. The molecule has 0 fully saturated rings. The van der Waals surface area contributed by atoms with Crippen molar-refractivity contribution in [3.8, 4) is 0 Å². The average molecular weight is 249 g/mol. The first kappa shape index (κ1) is 14.6. The zero-order valence-corrected chi connectivity index (χ0v) is 11.4. The van der Waals surface area contributed by atoms with Gasteiger partial charge in [0.25, 0.3) is 0 Å². The fourth-order valence-corrected chi connectivity index (χ4v) is 1.71. The van der Waals surface area contributed by atoms with E-state index in [-0.39, 0.29) is 18.0 Å². The Labute approximate surface area is 109 Å². The van der Waals surface area contributed by atoms with Crippen molar-refractivity contribution in [2.75, 3.05) is 6.54 Å². The number of amides is 1. The van der Waals surface area contributed by atoms with Crippen LogP contribution < -0.4 is 10.6 Å². The fraction of sp³-hybridized carbons (Fsp3) is 0.571. The Morgan fingerprint density at radius 2 is 2.17 bits per heavy atom. The van der Waals surface area contributed by atoms with Crippen molar-refractivity contribution in [2.24, 2.45) is 0 Å². The van der Waals surface area contributed by atoms with Gasteiger partial charge in [-0.2, -0.15) is 0 Å². The van der Waals surface area contributed by atoms with Crippen LogP contribution in [-0.4, -0.2) is 23.5 Å². The van der Waals surface area contributed by atoms with E-state index < -0.39 is 0 Å². The highest BCUT2D eigenvalue weighted by atomic mass is 16.2. The Bertz CT molecular complexity index is 353. The van der Waals surface area contributed by atoms with Gasteiger partial charge < -0.3 is 5.32 Å². The number of hydrogen-bond donors (Lipinski definition) is 2. The van der Waals surface area contributed by atoms with Gasteiger partial charge >= 0.3 is 0 Å². The monoisotopic (exact) mass is 249 g/mol. The van der Waals surface area contributed by atoms with Gasteiger partial charge in [0.15, 0.2) is 0 Å². The Kier molecular flexibility index (Phi) is 6.36. The summed E-state index contributed by atoms with van der Waals surface area (Å²) in [7, 11) is 0. The maximum atomic E-state index is 11.8. The van der Waals surface area contributed by atoms with Gasteiger partial charge in [-0.25, -0.2) is 0 Å². The molecule has 0 aliphatic heterocycles. The van der Waals surface area contributed by atoms with Crippen molar-refractivity contribution < 1.29 is 4.79 Å². The molecule has 1 aromatic heterocycles. The summed E-state index contributed by atoms with van der Waals surface area (Å²) < 4.78 is 0. The minimum atomic E-state index is -0.209. The predicted molar refractivity (Wildman–Crippen MR) is 73.2 cm³/mol. The van der Waals surface area contributed by atoms with E-state index in [1.165, 1.54) is 0 Å². The average Bonchev–Trinajstić information content (AvgIpc) is 2.39. The van der Waals surface area contributed by atoms with E-state index in [1.807, 2.05) is 32.0 Å². The lowest BCUT2D eigenvalue weighted by molar-refractivity contribution is -0.122. The third kappa shape index (κ3) is 4.84. The molecule has 0 aliphatic rings. The van der Waals surface area contributed by atoms with Gasteiger partial charge in [0.1, 0.15) is 0 Å². The molecular weight excluding hydrogens is 226 g/mol. The van der Waals surface area contributed by atoms with Crippen LogP contribution >= 0.6 is 0 Å². The van der Waals surface area contributed by atoms with Crippen LogP contribution in [-0.2, 0) is 4.79 Å². The van der Waals surface area contributed by atoms with Crippen molar-refractivity contribution in [1.82, 2.24) is 15.6 Å². The molecule has 1 amide bonds. The number of hydrogen-bond acceptors (Lipinski definition) is 3. The second-order valence-electron chi connectivity index (χ2n) is 4.51. The van der Waals surface area contributed by atoms with Crippen molar-refractivity contribution in [2.45, 2.75) is 45.7 Å². The molecule has 1 heterocycles. The molecule has 18 heavy (non-hydrogen) atoms. The SMILES string of the molecule is CCCCNC(=O)C(C)N[C@@H](C)c1ccccn1. The molecule has 4 nitrogen and oxygen atoms in total. The number of rotatable bonds is 7. The van der Waals surface area contributed by atoms with E-state index in [2.05, 4.69) is 22.5 Å². The summed E-state index contributed by atoms with van der Waals surface area (Å²) in [6, 6.07) is 5.65. The molecule has 0 aliphatic carbocycles. The molecule has 100 valence electrons. The standard InChI is InChI=1S/C14H23N3O/c1-4-5-9-16-14(18)12(3)17-11(2)13-8-6-7-10-15-13/h6-8,10-12,17H,4-5,9H2,1-3H3,(H,16,18)/t11-,12?/m0/s1. The molecule has 0 radical (unpaired) electrons. The second-order valence-corrected chi connectivity index (χ2v) is 4.51. The first-order valence-electron chi connectivity index (χ1n) is 6.59. The molecular formula is C14H23N3O. The van der Waals surface area contributed by atoms with Crippen molar-refractivity contribution in [3.63, 3.8) is 0 Å². The lowest BCUT2D eigenvalue weighted by atomic mass is 10.2. The molecule has 2 N–H and O–H groups in total. The maximum absolute atomic E-state index is 11.8. The summed E-state index contributed by atoms with van der Waals surface area (Å²) in [6.45, 7) is 6.75. The molecule has 4 heteroatoms. The van der Waals surface area contributed by atoms with Gasteiger partial charge in [0.05, 0.1) is 11.7 Å². The topological polar surface area (TPSA) is 54.0 Å². The summed E-state index contributed by atoms with van der Waals surface area (Å²) in [5, 5.41) is 6.17. The van der Waals surface area contributed by atoms with Crippen LogP contribution in [0.3, 0.4) is 0 Å². The van der Waals surface area contributed by atoms with E-state index in [9.17, 15) is 4.79 Å². The highest BCUT2D eigenvalue weighted by Crippen LogP contribution is 2.08. The number of unbranched alkanes of at least 4 members (excludes halogenated alkanes) is 1. The van der Waals surface area contributed by atoms with E-state index in [4.69, 9.17) is 0 Å². The number of nitrogens with zero attached hydrogens (tertiary/aromatic N) is 1. The summed E-state index contributed by atoms with van der Waals surface area (Å²) in [5.74, 6) is 0.0474. The predicted octanol–water partition coefficient (Wildman–Crippen LogP) is 2.04. The quantitative estimate of drug-likeness (QED) is 0.727. The molecule has 0 spiro atoms. The highest BCUT2D eigenvalue weighted by Gasteiger charge is 2.15. The van der Waals surface area contributed by atoms with Gasteiger partial charge in [-0.15, -0.1) is 0 Å². The Morgan fingerprint density at radius 3 is 2.78 bits per heavy atom. The Hall–Kier alpha value is -1.42. The summed E-state index contributed by atoms with van der Waals surface area (Å²) in [6.07, 6.45) is 3.88. The van der Waals surface area contributed by atoms with E-state index in [0.29, 0.717) is 0 Å². The normalized spacial score (nSPS) is 13.9. The maximum Gasteiger partial charge on any atom is 0.236 e. The van der Waals surface area contributed by atoms with Gasteiger partial charge in [0.2, 0.25) is 5.91 Å². The van der Waals surface area contributed by atoms with Gasteiger partial charge in [0, 0.05) is 18.8 Å². The largest absolute Gasteiger partial charge is 0.355 e. The fourth-order valence-electron chi connectivity index (χ4n) is 1.71. The van der Waals surface area contributed by atoms with Crippen LogP contribution in [0, 0.1) is 0 Å². The number of carbonyl (C=O) groups excluding carboxylic acids is 1. The number of aromatic nitrogens is 1. The van der Waals surface area contributed by atoms with Crippen molar-refractivity contribution in [3.05, 3.63) is 30.1 Å². The molecule has 1 unspecified atom stereocenters. The van der Waals surface area contributed by atoms with Gasteiger partial charge in [-0.1, -0.05) is 19.4 Å². The molecule has 1 aromatic rings. The summed E-state index contributed by atoms with van der Waals surface area (Å²) in [4.78, 5) is 16.1. The van der Waals surface area contributed by atoms with Crippen molar-refractivity contribution in [1.29, 1.82) is 0 Å². The molecule has 0 bridgehead atoms. The molecule has 0 aromatic carbocycles. The summed E-state index contributed by atoms with van der Waals surface area (Å²) >= 11 is 0. The lowest BCUT2D eigenvalue weighted by Crippen LogP contribution is -2.43. The molecule has 0 saturated heterocycles. The van der Waals surface area contributed by atoms with Crippen LogP contribution in [0.2, 0.25) is 0 Å². The molecule has 2 atom stereocenters. The first-order valence-corrected chi connectivity index (χ1v) is 6.59. The lowest BCUT2D eigenvalue weighted by Gasteiger charge is -2.19. The zero-order chi connectivity index (χ0) is 13.4.